The maximum absolute atomic E-state index is 11.7. The second-order valence-electron chi connectivity index (χ2n) is 5.53. The molecule has 0 spiro atoms. The van der Waals surface area contributed by atoms with E-state index < -0.39 is 9.84 Å². The first-order valence-electron chi connectivity index (χ1n) is 6.78. The lowest BCUT2D eigenvalue weighted by atomic mass is 9.97. The van der Waals surface area contributed by atoms with Crippen molar-refractivity contribution in [3.05, 3.63) is 34.9 Å². The predicted molar refractivity (Wildman–Crippen MR) is 82.7 cm³/mol. The number of halogens is 1. The zero-order valence-corrected chi connectivity index (χ0v) is 13.4. The molecule has 2 rings (SSSR count). The van der Waals surface area contributed by atoms with Crippen molar-refractivity contribution in [2.24, 2.45) is 5.73 Å². The van der Waals surface area contributed by atoms with Crippen LogP contribution < -0.4 is 5.73 Å². The molecule has 6 heteroatoms. The van der Waals surface area contributed by atoms with Gasteiger partial charge in [0, 0.05) is 23.7 Å². The maximum Gasteiger partial charge on any atom is 0.153 e. The first kappa shape index (κ1) is 15.8. The molecule has 1 aliphatic heterocycles. The van der Waals surface area contributed by atoms with Gasteiger partial charge in [-0.2, -0.15) is 0 Å². The first-order chi connectivity index (χ1) is 9.32. The van der Waals surface area contributed by atoms with Crippen LogP contribution in [0.4, 0.5) is 0 Å². The Kier molecular flexibility index (Phi) is 4.74. The minimum atomic E-state index is -2.93. The summed E-state index contributed by atoms with van der Waals surface area (Å²) in [5.74, 6) is 0.367. The normalized spacial score (nSPS) is 26.1. The summed E-state index contributed by atoms with van der Waals surface area (Å²) < 4.78 is 23.4. The molecule has 2 N–H and O–H groups in total. The van der Waals surface area contributed by atoms with Crippen LogP contribution in [0, 0.1) is 0 Å². The zero-order chi connectivity index (χ0) is 14.9. The standard InChI is InChI=1S/C14H21ClN2O2S/c1-10-9-20(18,19)8-7-17(10)14(11(2)16)12-5-3-4-6-13(12)15/h3-6,10-11,14H,7-9,16H2,1-2H3. The van der Waals surface area contributed by atoms with E-state index in [-0.39, 0.29) is 29.6 Å². The third-order valence-electron chi connectivity index (χ3n) is 3.80. The lowest BCUT2D eigenvalue weighted by Crippen LogP contribution is -2.52. The molecule has 0 bridgehead atoms. The highest BCUT2D eigenvalue weighted by Crippen LogP contribution is 2.32. The topological polar surface area (TPSA) is 63.4 Å². The van der Waals surface area contributed by atoms with Crippen molar-refractivity contribution < 1.29 is 8.42 Å². The van der Waals surface area contributed by atoms with E-state index in [2.05, 4.69) is 4.90 Å². The summed E-state index contributed by atoms with van der Waals surface area (Å²) in [6, 6.07) is 7.38. The fourth-order valence-electron chi connectivity index (χ4n) is 2.90. The van der Waals surface area contributed by atoms with E-state index in [1.165, 1.54) is 0 Å². The smallest absolute Gasteiger partial charge is 0.153 e. The van der Waals surface area contributed by atoms with E-state index in [9.17, 15) is 8.42 Å². The van der Waals surface area contributed by atoms with Crippen LogP contribution in [-0.4, -0.2) is 43.5 Å². The number of hydrogen-bond donors (Lipinski definition) is 1. The van der Waals surface area contributed by atoms with Gasteiger partial charge in [-0.15, -0.1) is 0 Å². The van der Waals surface area contributed by atoms with Gasteiger partial charge in [-0.3, -0.25) is 4.90 Å². The summed E-state index contributed by atoms with van der Waals surface area (Å²) in [5.41, 5.74) is 7.12. The van der Waals surface area contributed by atoms with E-state index in [1.807, 2.05) is 38.1 Å². The van der Waals surface area contributed by atoms with Crippen molar-refractivity contribution in [3.8, 4) is 0 Å². The van der Waals surface area contributed by atoms with Crippen molar-refractivity contribution in [2.45, 2.75) is 32.0 Å². The minimum Gasteiger partial charge on any atom is -0.326 e. The van der Waals surface area contributed by atoms with Gasteiger partial charge in [0.2, 0.25) is 0 Å². The molecular weight excluding hydrogens is 296 g/mol. The molecule has 4 nitrogen and oxygen atoms in total. The zero-order valence-electron chi connectivity index (χ0n) is 11.8. The second kappa shape index (κ2) is 6.02. The number of nitrogens with two attached hydrogens (primary N) is 1. The molecule has 1 saturated heterocycles. The van der Waals surface area contributed by atoms with Crippen molar-refractivity contribution in [1.82, 2.24) is 4.90 Å². The molecule has 3 atom stereocenters. The average molecular weight is 317 g/mol. The predicted octanol–water partition coefficient (Wildman–Crippen LogP) is 1.85. The minimum absolute atomic E-state index is 0.0546. The molecule has 1 aromatic carbocycles. The van der Waals surface area contributed by atoms with Crippen LogP contribution in [0.25, 0.3) is 0 Å². The SMILES string of the molecule is CC(N)C(c1ccccc1Cl)N1CCS(=O)(=O)CC1C. The second-order valence-corrected chi connectivity index (χ2v) is 8.16. The highest BCUT2D eigenvalue weighted by atomic mass is 35.5. The third kappa shape index (κ3) is 3.34. The molecule has 3 unspecified atom stereocenters. The monoisotopic (exact) mass is 316 g/mol. The van der Waals surface area contributed by atoms with Gasteiger partial charge in [0.05, 0.1) is 17.5 Å². The molecule has 0 radical (unpaired) electrons. The van der Waals surface area contributed by atoms with Crippen LogP contribution in [-0.2, 0) is 9.84 Å². The first-order valence-corrected chi connectivity index (χ1v) is 8.98. The summed E-state index contributed by atoms with van der Waals surface area (Å²) in [6.07, 6.45) is 0. The molecular formula is C14H21ClN2O2S. The summed E-state index contributed by atoms with van der Waals surface area (Å²) in [5, 5.41) is 0.676. The summed E-state index contributed by atoms with van der Waals surface area (Å²) in [7, 11) is -2.93. The van der Waals surface area contributed by atoms with E-state index in [1.54, 1.807) is 0 Å². The quantitative estimate of drug-likeness (QED) is 0.924. The van der Waals surface area contributed by atoms with Crippen molar-refractivity contribution in [1.29, 1.82) is 0 Å². The Hall–Kier alpha value is -0.620. The maximum atomic E-state index is 11.7. The number of hydrogen-bond acceptors (Lipinski definition) is 4. The van der Waals surface area contributed by atoms with E-state index in [0.29, 0.717) is 11.6 Å². The van der Waals surface area contributed by atoms with Gasteiger partial charge < -0.3 is 5.73 Å². The van der Waals surface area contributed by atoms with Gasteiger partial charge in [-0.05, 0) is 25.5 Å². The van der Waals surface area contributed by atoms with E-state index in [0.717, 1.165) is 5.56 Å². The van der Waals surface area contributed by atoms with E-state index in [4.69, 9.17) is 17.3 Å². The van der Waals surface area contributed by atoms with Crippen LogP contribution in [0.5, 0.6) is 0 Å². The van der Waals surface area contributed by atoms with Gasteiger partial charge in [0.25, 0.3) is 0 Å². The summed E-state index contributed by atoms with van der Waals surface area (Å²) >= 11 is 6.29. The Bertz CT molecular complexity index is 574. The molecule has 112 valence electrons. The van der Waals surface area contributed by atoms with Crippen LogP contribution in [0.1, 0.15) is 25.5 Å². The average Bonchev–Trinajstić information content (AvgIpc) is 2.33. The highest BCUT2D eigenvalue weighted by Gasteiger charge is 2.35. The Morgan fingerprint density at radius 2 is 2.05 bits per heavy atom. The van der Waals surface area contributed by atoms with Crippen LogP contribution in [0.2, 0.25) is 5.02 Å². The fraction of sp³-hybridized carbons (Fsp3) is 0.571. The number of benzene rings is 1. The molecule has 1 aromatic rings. The van der Waals surface area contributed by atoms with Gasteiger partial charge >= 0.3 is 0 Å². The van der Waals surface area contributed by atoms with Crippen LogP contribution >= 0.6 is 11.6 Å². The number of nitrogens with zero attached hydrogens (tertiary/aromatic N) is 1. The van der Waals surface area contributed by atoms with Crippen molar-refractivity contribution in [2.75, 3.05) is 18.1 Å². The number of rotatable bonds is 3. The Morgan fingerprint density at radius 1 is 1.40 bits per heavy atom. The van der Waals surface area contributed by atoms with Crippen LogP contribution in [0.3, 0.4) is 0 Å². The molecule has 1 fully saturated rings. The lowest BCUT2D eigenvalue weighted by molar-refractivity contribution is 0.140. The van der Waals surface area contributed by atoms with E-state index >= 15 is 0 Å². The third-order valence-corrected chi connectivity index (χ3v) is 5.94. The molecule has 1 aliphatic rings. The summed E-state index contributed by atoms with van der Waals surface area (Å²) in [6.45, 7) is 4.37. The van der Waals surface area contributed by atoms with Crippen molar-refractivity contribution >= 4 is 21.4 Å². The lowest BCUT2D eigenvalue weighted by Gasteiger charge is -2.41. The Morgan fingerprint density at radius 3 is 2.60 bits per heavy atom. The molecule has 1 heterocycles. The molecule has 0 amide bonds. The highest BCUT2D eigenvalue weighted by molar-refractivity contribution is 7.91. The molecule has 0 saturated carbocycles. The summed E-state index contributed by atoms with van der Waals surface area (Å²) in [4.78, 5) is 2.16. The van der Waals surface area contributed by atoms with Gasteiger partial charge in [-0.1, -0.05) is 29.8 Å². The Labute approximate surface area is 125 Å². The van der Waals surface area contributed by atoms with Gasteiger partial charge in [0.1, 0.15) is 0 Å². The van der Waals surface area contributed by atoms with Gasteiger partial charge in [-0.25, -0.2) is 8.42 Å². The van der Waals surface area contributed by atoms with Crippen LogP contribution in [0.15, 0.2) is 24.3 Å². The molecule has 0 aromatic heterocycles. The fourth-order valence-corrected chi connectivity index (χ4v) is 4.73. The van der Waals surface area contributed by atoms with Crippen molar-refractivity contribution in [3.63, 3.8) is 0 Å². The largest absolute Gasteiger partial charge is 0.326 e. The van der Waals surface area contributed by atoms with Gasteiger partial charge in [0.15, 0.2) is 9.84 Å². The number of sulfone groups is 1. The molecule has 20 heavy (non-hydrogen) atoms. The Balaban J connectivity index is 2.33. The molecule has 0 aliphatic carbocycles.